The molecule has 0 bridgehead atoms. The maximum Gasteiger partial charge on any atom is 0.260 e. The Morgan fingerprint density at radius 3 is 2.91 bits per heavy atom. The Morgan fingerprint density at radius 2 is 2.17 bits per heavy atom. The molecule has 1 saturated heterocycles. The van der Waals surface area contributed by atoms with Crippen LogP contribution in [0.15, 0.2) is 35.3 Å². The SMILES string of the molecule is Cc1cc([C@@H]2CN(C(=O)c3ccc(C)[nH]c3=O)CCO2)ccn1. The molecule has 0 aromatic carbocycles. The van der Waals surface area contributed by atoms with Crippen LogP contribution in [0.25, 0.3) is 0 Å². The number of aromatic amines is 1. The monoisotopic (exact) mass is 313 g/mol. The van der Waals surface area contributed by atoms with Crippen molar-refractivity contribution < 1.29 is 9.53 Å². The fraction of sp³-hybridized carbons (Fsp3) is 0.353. The number of nitrogens with one attached hydrogen (secondary N) is 1. The van der Waals surface area contributed by atoms with Gasteiger partial charge in [-0.3, -0.25) is 14.6 Å². The molecule has 0 saturated carbocycles. The van der Waals surface area contributed by atoms with E-state index >= 15 is 0 Å². The molecule has 2 aromatic rings. The predicted octanol–water partition coefficient (Wildman–Crippen LogP) is 1.60. The minimum atomic E-state index is -0.349. The average molecular weight is 313 g/mol. The molecule has 3 rings (SSSR count). The van der Waals surface area contributed by atoms with E-state index in [9.17, 15) is 9.59 Å². The number of aryl methyl sites for hydroxylation is 2. The summed E-state index contributed by atoms with van der Waals surface area (Å²) in [5, 5.41) is 0. The summed E-state index contributed by atoms with van der Waals surface area (Å²) < 4.78 is 5.78. The molecule has 23 heavy (non-hydrogen) atoms. The lowest BCUT2D eigenvalue weighted by Crippen LogP contribution is -2.43. The van der Waals surface area contributed by atoms with E-state index in [0.717, 1.165) is 17.0 Å². The van der Waals surface area contributed by atoms with Crippen LogP contribution in [0.2, 0.25) is 0 Å². The van der Waals surface area contributed by atoms with E-state index in [1.807, 2.05) is 19.1 Å². The van der Waals surface area contributed by atoms with Gasteiger partial charge in [0.2, 0.25) is 0 Å². The lowest BCUT2D eigenvalue weighted by molar-refractivity contribution is -0.0229. The van der Waals surface area contributed by atoms with Crippen LogP contribution in [0, 0.1) is 13.8 Å². The van der Waals surface area contributed by atoms with Gasteiger partial charge in [0.05, 0.1) is 13.2 Å². The molecule has 0 unspecified atom stereocenters. The minimum absolute atomic E-state index is 0.169. The number of carbonyl (C=O) groups is 1. The molecule has 6 nitrogen and oxygen atoms in total. The predicted molar refractivity (Wildman–Crippen MR) is 85.4 cm³/mol. The zero-order valence-corrected chi connectivity index (χ0v) is 13.2. The second-order valence-electron chi connectivity index (χ2n) is 5.73. The zero-order chi connectivity index (χ0) is 16.4. The number of H-pyrrole nitrogens is 1. The quantitative estimate of drug-likeness (QED) is 0.914. The highest BCUT2D eigenvalue weighted by atomic mass is 16.5. The van der Waals surface area contributed by atoms with Gasteiger partial charge in [0.15, 0.2) is 0 Å². The molecule has 1 fully saturated rings. The Bertz CT molecular complexity index is 785. The molecule has 1 amide bonds. The largest absolute Gasteiger partial charge is 0.370 e. The van der Waals surface area contributed by atoms with Crippen LogP contribution in [0.4, 0.5) is 0 Å². The number of hydrogen-bond donors (Lipinski definition) is 1. The van der Waals surface area contributed by atoms with Crippen molar-refractivity contribution in [3.05, 3.63) is 63.3 Å². The standard InChI is InChI=1S/C17H19N3O3/c1-11-3-4-14(16(21)19-11)17(22)20-7-8-23-15(10-20)13-5-6-18-12(2)9-13/h3-6,9,15H,7-8,10H2,1-2H3,(H,19,21)/t15-/m0/s1. The zero-order valence-electron chi connectivity index (χ0n) is 13.2. The van der Waals surface area contributed by atoms with E-state index in [0.29, 0.717) is 19.7 Å². The van der Waals surface area contributed by atoms with Gasteiger partial charge in [-0.05, 0) is 43.7 Å². The maximum atomic E-state index is 12.6. The Morgan fingerprint density at radius 1 is 1.35 bits per heavy atom. The first-order valence-electron chi connectivity index (χ1n) is 7.58. The Labute approximate surface area is 134 Å². The summed E-state index contributed by atoms with van der Waals surface area (Å²) in [5.41, 5.74) is 2.45. The number of hydrogen-bond acceptors (Lipinski definition) is 4. The molecular weight excluding hydrogens is 294 g/mol. The number of carbonyl (C=O) groups excluding carboxylic acids is 1. The lowest BCUT2D eigenvalue weighted by Gasteiger charge is -2.33. The number of ether oxygens (including phenoxy) is 1. The van der Waals surface area contributed by atoms with E-state index in [1.165, 1.54) is 0 Å². The van der Waals surface area contributed by atoms with Crippen LogP contribution in [0.3, 0.4) is 0 Å². The number of morpholine rings is 1. The normalized spacial score (nSPS) is 18.0. The molecule has 3 heterocycles. The molecule has 0 radical (unpaired) electrons. The van der Waals surface area contributed by atoms with Gasteiger partial charge in [0.25, 0.3) is 11.5 Å². The first-order valence-corrected chi connectivity index (χ1v) is 7.58. The molecule has 0 aliphatic carbocycles. The summed E-state index contributed by atoms with van der Waals surface area (Å²) >= 11 is 0. The van der Waals surface area contributed by atoms with Crippen molar-refractivity contribution in [2.75, 3.05) is 19.7 Å². The second kappa shape index (κ2) is 6.34. The fourth-order valence-corrected chi connectivity index (χ4v) is 2.71. The summed E-state index contributed by atoms with van der Waals surface area (Å²) in [6, 6.07) is 7.16. The minimum Gasteiger partial charge on any atom is -0.370 e. The third-order valence-corrected chi connectivity index (χ3v) is 3.93. The smallest absolute Gasteiger partial charge is 0.260 e. The Hall–Kier alpha value is -2.47. The van der Waals surface area contributed by atoms with Gasteiger partial charge in [0, 0.05) is 24.1 Å². The van der Waals surface area contributed by atoms with E-state index in [-0.39, 0.29) is 23.1 Å². The third kappa shape index (κ3) is 3.32. The van der Waals surface area contributed by atoms with Gasteiger partial charge in [-0.25, -0.2) is 0 Å². The van der Waals surface area contributed by atoms with E-state index in [4.69, 9.17) is 4.74 Å². The number of aromatic nitrogens is 2. The van der Waals surface area contributed by atoms with Gasteiger partial charge < -0.3 is 14.6 Å². The number of pyridine rings is 2. The molecule has 6 heteroatoms. The summed E-state index contributed by atoms with van der Waals surface area (Å²) in [4.78, 5) is 33.1. The van der Waals surface area contributed by atoms with Crippen molar-refractivity contribution in [1.82, 2.24) is 14.9 Å². The van der Waals surface area contributed by atoms with Gasteiger partial charge in [-0.2, -0.15) is 0 Å². The van der Waals surface area contributed by atoms with E-state index in [1.54, 1.807) is 30.2 Å². The highest BCUT2D eigenvalue weighted by Crippen LogP contribution is 2.23. The number of rotatable bonds is 2. The third-order valence-electron chi connectivity index (χ3n) is 3.93. The molecule has 1 atom stereocenters. The molecule has 1 aliphatic heterocycles. The average Bonchev–Trinajstić information content (AvgIpc) is 2.54. The van der Waals surface area contributed by atoms with Crippen LogP contribution in [0.1, 0.15) is 33.4 Å². The van der Waals surface area contributed by atoms with Crippen LogP contribution < -0.4 is 5.56 Å². The van der Waals surface area contributed by atoms with Crippen molar-refractivity contribution in [1.29, 1.82) is 0 Å². The molecule has 0 spiro atoms. The fourth-order valence-electron chi connectivity index (χ4n) is 2.71. The highest BCUT2D eigenvalue weighted by Gasteiger charge is 2.27. The Kier molecular flexibility index (Phi) is 4.25. The first kappa shape index (κ1) is 15.4. The van der Waals surface area contributed by atoms with Gasteiger partial charge in [0.1, 0.15) is 11.7 Å². The molecular formula is C17H19N3O3. The van der Waals surface area contributed by atoms with Crippen molar-refractivity contribution in [2.24, 2.45) is 0 Å². The summed E-state index contributed by atoms with van der Waals surface area (Å²) in [6.07, 6.45) is 1.54. The summed E-state index contributed by atoms with van der Waals surface area (Å²) in [7, 11) is 0. The van der Waals surface area contributed by atoms with Crippen molar-refractivity contribution in [3.8, 4) is 0 Å². The summed E-state index contributed by atoms with van der Waals surface area (Å²) in [6.45, 7) is 5.05. The van der Waals surface area contributed by atoms with Gasteiger partial charge >= 0.3 is 0 Å². The van der Waals surface area contributed by atoms with Crippen LogP contribution in [-0.2, 0) is 4.74 Å². The van der Waals surface area contributed by atoms with E-state index in [2.05, 4.69) is 9.97 Å². The lowest BCUT2D eigenvalue weighted by atomic mass is 10.1. The van der Waals surface area contributed by atoms with E-state index < -0.39 is 0 Å². The first-order chi connectivity index (χ1) is 11.0. The number of nitrogens with zero attached hydrogens (tertiary/aromatic N) is 2. The van der Waals surface area contributed by atoms with Crippen molar-refractivity contribution in [2.45, 2.75) is 20.0 Å². The highest BCUT2D eigenvalue weighted by molar-refractivity contribution is 5.93. The second-order valence-corrected chi connectivity index (χ2v) is 5.73. The van der Waals surface area contributed by atoms with Crippen LogP contribution >= 0.6 is 0 Å². The van der Waals surface area contributed by atoms with Crippen LogP contribution in [-0.4, -0.2) is 40.5 Å². The molecule has 1 N–H and O–H groups in total. The molecule has 1 aliphatic rings. The summed E-state index contributed by atoms with van der Waals surface area (Å²) in [5.74, 6) is -0.259. The topological polar surface area (TPSA) is 75.3 Å². The van der Waals surface area contributed by atoms with Gasteiger partial charge in [-0.15, -0.1) is 0 Å². The van der Waals surface area contributed by atoms with Gasteiger partial charge in [-0.1, -0.05) is 0 Å². The molecule has 120 valence electrons. The van der Waals surface area contributed by atoms with Crippen molar-refractivity contribution >= 4 is 5.91 Å². The Balaban J connectivity index is 1.80. The molecule has 2 aromatic heterocycles. The number of amides is 1. The van der Waals surface area contributed by atoms with Crippen LogP contribution in [0.5, 0.6) is 0 Å². The van der Waals surface area contributed by atoms with Crippen molar-refractivity contribution in [3.63, 3.8) is 0 Å². The maximum absolute atomic E-state index is 12.6.